The van der Waals surface area contributed by atoms with Crippen molar-refractivity contribution in [2.45, 2.75) is 45.1 Å². The molecule has 0 aromatic heterocycles. The summed E-state index contributed by atoms with van der Waals surface area (Å²) in [5, 5.41) is 0. The molecule has 1 rings (SSSR count). The third-order valence-electron chi connectivity index (χ3n) is 3.21. The minimum Gasteiger partial charge on any atom is -0.454 e. The van der Waals surface area contributed by atoms with Crippen molar-refractivity contribution >= 4 is 11.8 Å². The van der Waals surface area contributed by atoms with Crippen LogP contribution in [-0.2, 0) is 14.3 Å². The lowest BCUT2D eigenvalue weighted by Crippen LogP contribution is -2.34. The molecule has 3 heteroatoms. The van der Waals surface area contributed by atoms with Gasteiger partial charge < -0.3 is 4.74 Å². The number of rotatable bonds is 7. The molecule has 0 N–H and O–H groups in total. The molecule has 1 fully saturated rings. The number of carbonyl (C=O) groups excluding carboxylic acids is 2. The monoisotopic (exact) mass is 236 g/mol. The van der Waals surface area contributed by atoms with Crippen molar-refractivity contribution in [1.82, 2.24) is 0 Å². The zero-order valence-electron chi connectivity index (χ0n) is 10.4. The maximum atomic E-state index is 12.3. The molecule has 0 aromatic rings. The molecule has 1 heterocycles. The van der Waals surface area contributed by atoms with Crippen LogP contribution < -0.4 is 0 Å². The molecule has 0 radical (unpaired) electrons. The second kappa shape index (κ2) is 5.80. The summed E-state index contributed by atoms with van der Waals surface area (Å²) in [5.41, 5.74) is -1.05. The molecule has 0 spiro atoms. The van der Waals surface area contributed by atoms with Gasteiger partial charge in [-0.15, -0.1) is 13.2 Å². The van der Waals surface area contributed by atoms with Gasteiger partial charge in [0, 0.05) is 0 Å². The van der Waals surface area contributed by atoms with E-state index in [-0.39, 0.29) is 5.78 Å². The van der Waals surface area contributed by atoms with Gasteiger partial charge in [0.1, 0.15) is 5.41 Å². The summed E-state index contributed by atoms with van der Waals surface area (Å²) in [4.78, 5) is 24.2. The predicted octanol–water partition coefficient (Wildman–Crippen LogP) is 2.81. The molecular formula is C14H20O3. The van der Waals surface area contributed by atoms with E-state index in [1.807, 2.05) is 6.92 Å². The lowest BCUT2D eigenvalue weighted by atomic mass is 9.77. The van der Waals surface area contributed by atoms with Gasteiger partial charge in [0.2, 0.25) is 0 Å². The summed E-state index contributed by atoms with van der Waals surface area (Å²) in [6, 6.07) is 0. The highest BCUT2D eigenvalue weighted by Gasteiger charge is 2.54. The summed E-state index contributed by atoms with van der Waals surface area (Å²) in [6.07, 6.45) is 5.80. The molecule has 1 atom stereocenters. The van der Waals surface area contributed by atoms with Crippen molar-refractivity contribution < 1.29 is 14.3 Å². The van der Waals surface area contributed by atoms with E-state index in [4.69, 9.17) is 4.74 Å². The maximum Gasteiger partial charge on any atom is 0.321 e. The van der Waals surface area contributed by atoms with Gasteiger partial charge in [-0.3, -0.25) is 9.59 Å². The Morgan fingerprint density at radius 1 is 1.29 bits per heavy atom. The molecule has 94 valence electrons. The Hall–Kier alpha value is -1.38. The fraction of sp³-hybridized carbons (Fsp3) is 0.571. The number of ether oxygens (including phenoxy) is 1. The van der Waals surface area contributed by atoms with E-state index in [2.05, 4.69) is 13.2 Å². The highest BCUT2D eigenvalue weighted by molar-refractivity contribution is 6.11. The number of esters is 1. The first-order valence-electron chi connectivity index (χ1n) is 6.09. The standard InChI is InChI=1S/C14H20O3/c1-4-7-8-11-12(15)14(9-5-2,10-6-3)13(16)17-11/h5-6,11H,2-4,7-10H2,1H3. The minimum atomic E-state index is -1.05. The Kier molecular flexibility index (Phi) is 4.67. The molecular weight excluding hydrogens is 216 g/mol. The van der Waals surface area contributed by atoms with Crippen LogP contribution in [0.1, 0.15) is 39.0 Å². The minimum absolute atomic E-state index is 0.101. The molecule has 1 saturated heterocycles. The van der Waals surface area contributed by atoms with Gasteiger partial charge in [0.25, 0.3) is 0 Å². The van der Waals surface area contributed by atoms with Gasteiger partial charge in [-0.05, 0) is 25.7 Å². The number of Topliss-reactive ketones (excluding diaryl/α,β-unsaturated/α-hetero) is 1. The number of hydrogen-bond donors (Lipinski definition) is 0. The van der Waals surface area contributed by atoms with Gasteiger partial charge >= 0.3 is 5.97 Å². The Bertz CT molecular complexity index is 320. The normalized spacial score (nSPS) is 22.3. The average molecular weight is 236 g/mol. The van der Waals surface area contributed by atoms with Crippen LogP contribution in [0.15, 0.2) is 25.3 Å². The van der Waals surface area contributed by atoms with Gasteiger partial charge in [0.05, 0.1) is 0 Å². The number of hydrogen-bond acceptors (Lipinski definition) is 3. The first kappa shape index (κ1) is 13.7. The molecule has 0 bridgehead atoms. The van der Waals surface area contributed by atoms with Crippen LogP contribution in [0.3, 0.4) is 0 Å². The first-order valence-corrected chi connectivity index (χ1v) is 6.09. The molecule has 0 aliphatic carbocycles. The van der Waals surface area contributed by atoms with Gasteiger partial charge in [0.15, 0.2) is 11.9 Å². The van der Waals surface area contributed by atoms with Crippen molar-refractivity contribution in [3.8, 4) is 0 Å². The average Bonchev–Trinajstić information content (AvgIpc) is 2.53. The summed E-state index contributed by atoms with van der Waals surface area (Å²) in [6.45, 7) is 9.27. The molecule has 0 amide bonds. The van der Waals surface area contributed by atoms with Crippen molar-refractivity contribution in [3.05, 3.63) is 25.3 Å². The molecule has 0 aromatic carbocycles. The van der Waals surface area contributed by atoms with Gasteiger partial charge in [-0.2, -0.15) is 0 Å². The van der Waals surface area contributed by atoms with Crippen LogP contribution in [0, 0.1) is 5.41 Å². The summed E-state index contributed by atoms with van der Waals surface area (Å²) < 4.78 is 5.21. The number of allylic oxidation sites excluding steroid dienone is 2. The maximum absolute atomic E-state index is 12.3. The van der Waals surface area contributed by atoms with E-state index in [9.17, 15) is 9.59 Å². The van der Waals surface area contributed by atoms with E-state index in [1.54, 1.807) is 12.2 Å². The zero-order chi connectivity index (χ0) is 12.9. The van der Waals surface area contributed by atoms with Gasteiger partial charge in [-0.25, -0.2) is 0 Å². The van der Waals surface area contributed by atoms with Crippen molar-refractivity contribution in [2.75, 3.05) is 0 Å². The second-order valence-corrected chi connectivity index (χ2v) is 4.47. The molecule has 1 unspecified atom stereocenters. The SMILES string of the molecule is C=CCC1(CC=C)C(=O)OC(CCCC)C1=O. The van der Waals surface area contributed by atoms with Crippen molar-refractivity contribution in [2.24, 2.45) is 5.41 Å². The highest BCUT2D eigenvalue weighted by atomic mass is 16.6. The summed E-state index contributed by atoms with van der Waals surface area (Å²) in [5.74, 6) is -0.515. The third kappa shape index (κ3) is 2.48. The van der Waals surface area contributed by atoms with E-state index in [0.717, 1.165) is 12.8 Å². The lowest BCUT2D eigenvalue weighted by Gasteiger charge is -2.19. The van der Waals surface area contributed by atoms with Crippen LogP contribution in [0.4, 0.5) is 0 Å². The Morgan fingerprint density at radius 3 is 2.35 bits per heavy atom. The quantitative estimate of drug-likeness (QED) is 0.388. The fourth-order valence-electron chi connectivity index (χ4n) is 2.23. The number of unbranched alkanes of at least 4 members (excludes halogenated alkanes) is 1. The van der Waals surface area contributed by atoms with Crippen LogP contribution in [0.2, 0.25) is 0 Å². The second-order valence-electron chi connectivity index (χ2n) is 4.47. The number of cyclic esters (lactones) is 1. The van der Waals surface area contributed by atoms with Crippen molar-refractivity contribution in [3.63, 3.8) is 0 Å². The van der Waals surface area contributed by atoms with Crippen LogP contribution in [0.5, 0.6) is 0 Å². The predicted molar refractivity (Wildman–Crippen MR) is 66.5 cm³/mol. The van der Waals surface area contributed by atoms with E-state index in [0.29, 0.717) is 19.3 Å². The van der Waals surface area contributed by atoms with Crippen LogP contribution >= 0.6 is 0 Å². The van der Waals surface area contributed by atoms with E-state index in [1.165, 1.54) is 0 Å². The molecule has 17 heavy (non-hydrogen) atoms. The molecule has 1 aliphatic rings. The van der Waals surface area contributed by atoms with Crippen LogP contribution in [-0.4, -0.2) is 17.9 Å². The Labute approximate surface area is 103 Å². The fourth-order valence-corrected chi connectivity index (χ4v) is 2.23. The lowest BCUT2D eigenvalue weighted by molar-refractivity contribution is -0.148. The van der Waals surface area contributed by atoms with E-state index >= 15 is 0 Å². The number of carbonyl (C=O) groups is 2. The molecule has 3 nitrogen and oxygen atoms in total. The topological polar surface area (TPSA) is 43.4 Å². The van der Waals surface area contributed by atoms with Gasteiger partial charge in [-0.1, -0.05) is 25.5 Å². The Morgan fingerprint density at radius 2 is 1.88 bits per heavy atom. The zero-order valence-corrected chi connectivity index (χ0v) is 10.4. The first-order chi connectivity index (χ1) is 8.12. The highest BCUT2D eigenvalue weighted by Crippen LogP contribution is 2.39. The van der Waals surface area contributed by atoms with E-state index < -0.39 is 17.5 Å². The third-order valence-corrected chi connectivity index (χ3v) is 3.21. The Balaban J connectivity index is 2.90. The summed E-state index contributed by atoms with van der Waals surface area (Å²) >= 11 is 0. The smallest absolute Gasteiger partial charge is 0.321 e. The van der Waals surface area contributed by atoms with Crippen LogP contribution in [0.25, 0.3) is 0 Å². The van der Waals surface area contributed by atoms with Crippen molar-refractivity contribution in [1.29, 1.82) is 0 Å². The molecule has 0 saturated carbocycles. The number of ketones is 1. The summed E-state index contributed by atoms with van der Waals surface area (Å²) in [7, 11) is 0. The largest absolute Gasteiger partial charge is 0.454 e. The molecule has 1 aliphatic heterocycles.